The van der Waals surface area contributed by atoms with Gasteiger partial charge >= 0.3 is 0 Å². The van der Waals surface area contributed by atoms with Gasteiger partial charge in [0.25, 0.3) is 5.91 Å². The largest absolute Gasteiger partial charge is 0.484 e. The van der Waals surface area contributed by atoms with Crippen LogP contribution in [0.1, 0.15) is 34.3 Å². The molecular weight excluding hydrogens is 443 g/mol. The maximum absolute atomic E-state index is 13.0. The summed E-state index contributed by atoms with van der Waals surface area (Å²) in [5.41, 5.74) is 2.55. The number of allylic oxidation sites excluding steroid dienone is 1. The second kappa shape index (κ2) is 12.1. The zero-order chi connectivity index (χ0) is 24.5. The fourth-order valence-electron chi connectivity index (χ4n) is 4.05. The Labute approximate surface area is 205 Å². The summed E-state index contributed by atoms with van der Waals surface area (Å²) < 4.78 is 18.6. The Hall–Kier alpha value is -3.77. The second-order valence-corrected chi connectivity index (χ2v) is 8.67. The van der Waals surface area contributed by atoms with Crippen LogP contribution in [-0.4, -0.2) is 42.3 Å². The van der Waals surface area contributed by atoms with Crippen LogP contribution < -0.4 is 10.1 Å². The molecule has 1 amide bonds. The molecule has 4 rings (SSSR count). The summed E-state index contributed by atoms with van der Waals surface area (Å²) in [5, 5.41) is 3.07. The minimum absolute atomic E-state index is 0.0392. The number of amides is 1. The van der Waals surface area contributed by atoms with Gasteiger partial charge in [-0.05, 0) is 66.4 Å². The summed E-state index contributed by atoms with van der Waals surface area (Å²) >= 11 is 0. The highest BCUT2D eigenvalue weighted by Crippen LogP contribution is 2.16. The predicted molar refractivity (Wildman–Crippen MR) is 135 cm³/mol. The van der Waals surface area contributed by atoms with Crippen molar-refractivity contribution in [3.05, 3.63) is 107 Å². The van der Waals surface area contributed by atoms with Crippen molar-refractivity contribution >= 4 is 17.8 Å². The number of ketones is 1. The van der Waals surface area contributed by atoms with Crippen molar-refractivity contribution in [1.82, 2.24) is 10.2 Å². The van der Waals surface area contributed by atoms with Crippen LogP contribution in [0.25, 0.3) is 6.08 Å². The molecule has 0 saturated carbocycles. The lowest BCUT2D eigenvalue weighted by molar-refractivity contribution is -0.124. The summed E-state index contributed by atoms with van der Waals surface area (Å²) in [4.78, 5) is 26.9. The molecule has 3 aromatic carbocycles. The highest BCUT2D eigenvalue weighted by molar-refractivity contribution is 6.06. The van der Waals surface area contributed by atoms with Crippen LogP contribution >= 0.6 is 0 Å². The van der Waals surface area contributed by atoms with E-state index in [4.69, 9.17) is 4.74 Å². The first-order chi connectivity index (χ1) is 17.0. The number of piperidine rings is 1. The van der Waals surface area contributed by atoms with E-state index in [2.05, 4.69) is 34.5 Å². The van der Waals surface area contributed by atoms with Gasteiger partial charge in [0, 0.05) is 31.2 Å². The molecule has 1 aliphatic heterocycles. The van der Waals surface area contributed by atoms with Crippen molar-refractivity contribution < 1.29 is 18.7 Å². The number of likely N-dealkylation sites (tertiary alicyclic amines) is 1. The Bertz CT molecular complexity index is 1140. The van der Waals surface area contributed by atoms with Crippen LogP contribution in [0.3, 0.4) is 0 Å². The Morgan fingerprint density at radius 1 is 0.943 bits per heavy atom. The smallest absolute Gasteiger partial charge is 0.258 e. The third-order valence-electron chi connectivity index (χ3n) is 6.01. The first-order valence-electron chi connectivity index (χ1n) is 11.8. The van der Waals surface area contributed by atoms with E-state index in [1.165, 1.54) is 35.9 Å². The molecule has 0 atom stereocenters. The lowest BCUT2D eigenvalue weighted by Crippen LogP contribution is -2.45. The molecule has 1 heterocycles. The van der Waals surface area contributed by atoms with Crippen LogP contribution in [0.15, 0.2) is 84.9 Å². The van der Waals surface area contributed by atoms with Crippen molar-refractivity contribution in [2.24, 2.45) is 0 Å². The van der Waals surface area contributed by atoms with Gasteiger partial charge in [0.1, 0.15) is 11.6 Å². The molecular formula is C29H29FN2O3. The summed E-state index contributed by atoms with van der Waals surface area (Å²) in [6.45, 7) is 2.82. The molecule has 0 unspecified atom stereocenters. The van der Waals surface area contributed by atoms with Gasteiger partial charge in [0.2, 0.25) is 0 Å². The molecule has 0 aliphatic carbocycles. The highest BCUT2D eigenvalue weighted by atomic mass is 19.1. The molecule has 0 radical (unpaired) electrons. The molecule has 0 aromatic heterocycles. The number of carbonyl (C=O) groups excluding carboxylic acids is 2. The third-order valence-corrected chi connectivity index (χ3v) is 6.01. The fraction of sp³-hybridized carbons (Fsp3) is 0.241. The van der Waals surface area contributed by atoms with Crippen LogP contribution in [0.2, 0.25) is 0 Å². The number of halogens is 1. The highest BCUT2D eigenvalue weighted by Gasteiger charge is 2.20. The van der Waals surface area contributed by atoms with Crippen molar-refractivity contribution in [2.45, 2.75) is 25.4 Å². The van der Waals surface area contributed by atoms with Crippen molar-refractivity contribution in [3.63, 3.8) is 0 Å². The van der Waals surface area contributed by atoms with E-state index in [0.717, 1.165) is 38.0 Å². The van der Waals surface area contributed by atoms with E-state index >= 15 is 0 Å². The predicted octanol–water partition coefficient (Wildman–Crippen LogP) is 4.88. The number of hydrogen-bond donors (Lipinski definition) is 1. The average molecular weight is 473 g/mol. The van der Waals surface area contributed by atoms with Gasteiger partial charge in [-0.2, -0.15) is 0 Å². The van der Waals surface area contributed by atoms with Gasteiger partial charge in [0.15, 0.2) is 12.4 Å². The Morgan fingerprint density at radius 3 is 2.31 bits per heavy atom. The van der Waals surface area contributed by atoms with Gasteiger partial charge in [-0.25, -0.2) is 4.39 Å². The van der Waals surface area contributed by atoms with E-state index < -0.39 is 0 Å². The van der Waals surface area contributed by atoms with E-state index in [-0.39, 0.29) is 30.2 Å². The Morgan fingerprint density at radius 2 is 1.63 bits per heavy atom. The molecule has 5 nitrogen and oxygen atoms in total. The number of benzene rings is 3. The second-order valence-electron chi connectivity index (χ2n) is 8.67. The van der Waals surface area contributed by atoms with Crippen LogP contribution in [0, 0.1) is 5.82 Å². The van der Waals surface area contributed by atoms with E-state index in [1.807, 2.05) is 18.2 Å². The number of carbonyl (C=O) groups is 2. The minimum atomic E-state index is -0.376. The molecule has 6 heteroatoms. The summed E-state index contributed by atoms with van der Waals surface area (Å²) in [5.74, 6) is -0.118. The molecule has 35 heavy (non-hydrogen) atoms. The topological polar surface area (TPSA) is 58.6 Å². The summed E-state index contributed by atoms with van der Waals surface area (Å²) in [7, 11) is 0. The number of rotatable bonds is 9. The number of ether oxygens (including phenoxy) is 1. The van der Waals surface area contributed by atoms with Gasteiger partial charge < -0.3 is 10.1 Å². The van der Waals surface area contributed by atoms with E-state index in [9.17, 15) is 14.0 Å². The Balaban J connectivity index is 1.17. The van der Waals surface area contributed by atoms with Gasteiger partial charge in [-0.15, -0.1) is 0 Å². The quantitative estimate of drug-likeness (QED) is 0.356. The van der Waals surface area contributed by atoms with Crippen LogP contribution in [0.4, 0.5) is 4.39 Å². The number of hydrogen-bond acceptors (Lipinski definition) is 4. The van der Waals surface area contributed by atoms with Crippen LogP contribution in [-0.2, 0) is 11.3 Å². The summed E-state index contributed by atoms with van der Waals surface area (Å²) in [6.07, 6.45) is 4.99. The number of nitrogens with one attached hydrogen (secondary N) is 1. The average Bonchev–Trinajstić information content (AvgIpc) is 2.89. The monoisotopic (exact) mass is 472 g/mol. The number of nitrogens with zero attached hydrogens (tertiary/aromatic N) is 1. The zero-order valence-corrected chi connectivity index (χ0v) is 19.5. The standard InChI is InChI=1S/C29H29FN2O3/c30-25-11-9-24(10-12-25)28(33)15-8-22-6-13-27(14-7-22)35-21-29(34)31-26-16-18-32(19-17-26)20-23-4-2-1-3-5-23/h1-15,26H,16-21H2,(H,31,34). The normalized spacial score (nSPS) is 14.7. The molecule has 0 spiro atoms. The van der Waals surface area contributed by atoms with E-state index in [0.29, 0.717) is 11.3 Å². The maximum Gasteiger partial charge on any atom is 0.258 e. The Kier molecular flexibility index (Phi) is 8.41. The lowest BCUT2D eigenvalue weighted by atomic mass is 10.0. The molecule has 1 N–H and O–H groups in total. The molecule has 1 aliphatic rings. The van der Waals surface area contributed by atoms with Gasteiger partial charge in [0.05, 0.1) is 0 Å². The van der Waals surface area contributed by atoms with Crippen molar-refractivity contribution in [3.8, 4) is 5.75 Å². The first kappa shape index (κ1) is 24.4. The molecule has 180 valence electrons. The van der Waals surface area contributed by atoms with Crippen molar-refractivity contribution in [2.75, 3.05) is 19.7 Å². The molecule has 0 bridgehead atoms. The maximum atomic E-state index is 13.0. The first-order valence-corrected chi connectivity index (χ1v) is 11.8. The zero-order valence-electron chi connectivity index (χ0n) is 19.5. The fourth-order valence-corrected chi connectivity index (χ4v) is 4.05. The third kappa shape index (κ3) is 7.62. The van der Waals surface area contributed by atoms with Gasteiger partial charge in [-0.1, -0.05) is 48.5 Å². The lowest BCUT2D eigenvalue weighted by Gasteiger charge is -2.32. The van der Waals surface area contributed by atoms with Crippen LogP contribution in [0.5, 0.6) is 5.75 Å². The SMILES string of the molecule is O=C(COc1ccc(C=CC(=O)c2ccc(F)cc2)cc1)NC1CCN(Cc2ccccc2)CC1. The minimum Gasteiger partial charge on any atom is -0.484 e. The van der Waals surface area contributed by atoms with Crippen molar-refractivity contribution in [1.29, 1.82) is 0 Å². The molecule has 1 fully saturated rings. The van der Waals surface area contributed by atoms with E-state index in [1.54, 1.807) is 18.2 Å². The van der Waals surface area contributed by atoms with Gasteiger partial charge in [-0.3, -0.25) is 14.5 Å². The molecule has 1 saturated heterocycles. The molecule has 3 aromatic rings. The summed E-state index contributed by atoms with van der Waals surface area (Å²) in [6, 6.07) is 23.2.